The van der Waals surface area contributed by atoms with Crippen LogP contribution in [0.2, 0.25) is 0 Å². The summed E-state index contributed by atoms with van der Waals surface area (Å²) in [4.78, 5) is 29.6. The smallest absolute Gasteiger partial charge is 0.330 e. The summed E-state index contributed by atoms with van der Waals surface area (Å²) in [6, 6.07) is -0.688. The van der Waals surface area contributed by atoms with E-state index < -0.39 is 29.9 Å². The summed E-state index contributed by atoms with van der Waals surface area (Å²) in [5, 5.41) is 7.37. The van der Waals surface area contributed by atoms with Gasteiger partial charge in [0.25, 0.3) is 0 Å². The lowest BCUT2D eigenvalue weighted by Gasteiger charge is -2.34. The quantitative estimate of drug-likeness (QED) is 0.874. The number of H-pyrrole nitrogens is 1. The second-order valence-corrected chi connectivity index (χ2v) is 6.36. The number of nitrogens with zero attached hydrogens (tertiary/aromatic N) is 3. The van der Waals surface area contributed by atoms with Gasteiger partial charge in [0.1, 0.15) is 6.04 Å². The molecular formula is C14H18F3N5O2. The molecule has 0 radical (unpaired) electrons. The minimum Gasteiger partial charge on any atom is -0.330 e. The van der Waals surface area contributed by atoms with Crippen molar-refractivity contribution in [2.75, 3.05) is 11.9 Å². The molecule has 0 aromatic carbocycles. The highest BCUT2D eigenvalue weighted by molar-refractivity contribution is 5.96. The molecule has 1 saturated heterocycles. The average Bonchev–Trinajstić information content (AvgIpc) is 3.06. The fourth-order valence-electron chi connectivity index (χ4n) is 2.99. The molecule has 2 fully saturated rings. The van der Waals surface area contributed by atoms with E-state index in [-0.39, 0.29) is 11.8 Å². The Morgan fingerprint density at radius 1 is 1.33 bits per heavy atom. The van der Waals surface area contributed by atoms with Gasteiger partial charge >= 0.3 is 6.18 Å². The van der Waals surface area contributed by atoms with E-state index in [1.807, 2.05) is 6.92 Å². The topological polar surface area (TPSA) is 91.0 Å². The predicted octanol–water partition coefficient (Wildman–Crippen LogP) is 1.80. The molecule has 1 saturated carbocycles. The fraction of sp³-hybridized carbons (Fsp3) is 0.714. The molecule has 3 atom stereocenters. The zero-order chi connectivity index (χ0) is 17.5. The average molecular weight is 345 g/mol. The van der Waals surface area contributed by atoms with Crippen molar-refractivity contribution in [2.45, 2.75) is 44.8 Å². The SMILES string of the molecule is C[C@@H]1C[C@H]1C(=O)N1CCCC[C@@H]1C(=O)Nc1n[nH]c(C(F)(F)F)n1. The van der Waals surface area contributed by atoms with Gasteiger partial charge in [0.2, 0.25) is 23.6 Å². The second-order valence-electron chi connectivity index (χ2n) is 6.36. The maximum absolute atomic E-state index is 12.5. The van der Waals surface area contributed by atoms with Crippen LogP contribution in [0.3, 0.4) is 0 Å². The number of halogens is 3. The Morgan fingerprint density at radius 2 is 2.04 bits per heavy atom. The van der Waals surface area contributed by atoms with Gasteiger partial charge in [0.15, 0.2) is 0 Å². The van der Waals surface area contributed by atoms with Crippen molar-refractivity contribution in [3.63, 3.8) is 0 Å². The maximum Gasteiger partial charge on any atom is 0.451 e. The number of alkyl halides is 3. The first-order valence-corrected chi connectivity index (χ1v) is 7.88. The Morgan fingerprint density at radius 3 is 2.62 bits per heavy atom. The number of anilines is 1. The monoisotopic (exact) mass is 345 g/mol. The summed E-state index contributed by atoms with van der Waals surface area (Å²) in [6.45, 7) is 2.47. The van der Waals surface area contributed by atoms with Crippen molar-refractivity contribution < 1.29 is 22.8 Å². The lowest BCUT2D eigenvalue weighted by atomic mass is 10.0. The third kappa shape index (κ3) is 3.36. The summed E-state index contributed by atoms with van der Waals surface area (Å²) in [5.41, 5.74) is 0. The number of hydrogen-bond donors (Lipinski definition) is 2. The predicted molar refractivity (Wildman–Crippen MR) is 76.6 cm³/mol. The third-order valence-corrected chi connectivity index (χ3v) is 4.50. The van der Waals surface area contributed by atoms with Crippen molar-refractivity contribution in [1.82, 2.24) is 20.1 Å². The normalized spacial score (nSPS) is 27.0. The summed E-state index contributed by atoms with van der Waals surface area (Å²) >= 11 is 0. The highest BCUT2D eigenvalue weighted by Gasteiger charge is 2.45. The molecule has 10 heteroatoms. The number of piperidine rings is 1. The Hall–Kier alpha value is -2.13. The first-order valence-electron chi connectivity index (χ1n) is 7.88. The van der Waals surface area contributed by atoms with E-state index in [0.29, 0.717) is 18.9 Å². The van der Waals surface area contributed by atoms with Gasteiger partial charge in [-0.1, -0.05) is 6.92 Å². The number of hydrogen-bond acceptors (Lipinski definition) is 4. The van der Waals surface area contributed by atoms with Crippen LogP contribution in [-0.4, -0.2) is 44.5 Å². The Balaban J connectivity index is 1.68. The van der Waals surface area contributed by atoms with E-state index in [0.717, 1.165) is 19.3 Å². The van der Waals surface area contributed by atoms with Gasteiger partial charge in [-0.25, -0.2) is 0 Å². The summed E-state index contributed by atoms with van der Waals surface area (Å²) in [7, 11) is 0. The fourth-order valence-corrected chi connectivity index (χ4v) is 2.99. The number of amides is 2. The van der Waals surface area contributed by atoms with Gasteiger partial charge in [0.05, 0.1) is 0 Å². The zero-order valence-corrected chi connectivity index (χ0v) is 13.1. The van der Waals surface area contributed by atoms with Gasteiger partial charge in [-0.3, -0.25) is 20.0 Å². The van der Waals surface area contributed by atoms with Gasteiger partial charge in [0, 0.05) is 12.5 Å². The lowest BCUT2D eigenvalue weighted by molar-refractivity contribution is -0.144. The van der Waals surface area contributed by atoms with Crippen molar-refractivity contribution >= 4 is 17.8 Å². The molecule has 7 nitrogen and oxygen atoms in total. The van der Waals surface area contributed by atoms with E-state index in [9.17, 15) is 22.8 Å². The number of rotatable bonds is 3. The van der Waals surface area contributed by atoms with Crippen LogP contribution >= 0.6 is 0 Å². The second kappa shape index (κ2) is 6.06. The Kier molecular flexibility index (Phi) is 4.22. The summed E-state index contributed by atoms with van der Waals surface area (Å²) in [6.07, 6.45) is -1.76. The minimum absolute atomic E-state index is 0.0428. The molecule has 2 amide bonds. The van der Waals surface area contributed by atoms with E-state index in [4.69, 9.17) is 0 Å². The van der Waals surface area contributed by atoms with Crippen LogP contribution in [0.4, 0.5) is 19.1 Å². The van der Waals surface area contributed by atoms with Gasteiger partial charge in [-0.15, -0.1) is 5.10 Å². The molecule has 0 bridgehead atoms. The van der Waals surface area contributed by atoms with Crippen LogP contribution in [0.1, 0.15) is 38.4 Å². The number of nitrogens with one attached hydrogen (secondary N) is 2. The van der Waals surface area contributed by atoms with Gasteiger partial charge < -0.3 is 4.90 Å². The van der Waals surface area contributed by atoms with Crippen LogP contribution in [0.5, 0.6) is 0 Å². The molecule has 1 aliphatic heterocycles. The minimum atomic E-state index is -4.66. The van der Waals surface area contributed by atoms with E-state index in [1.165, 1.54) is 0 Å². The van der Waals surface area contributed by atoms with Crippen LogP contribution in [0.25, 0.3) is 0 Å². The molecule has 24 heavy (non-hydrogen) atoms. The first kappa shape index (κ1) is 16.7. The zero-order valence-electron chi connectivity index (χ0n) is 13.1. The Bertz CT molecular complexity index is 645. The Labute approximate surface area is 136 Å². The molecule has 2 heterocycles. The molecule has 0 unspecified atom stereocenters. The van der Waals surface area contributed by atoms with Crippen LogP contribution in [0.15, 0.2) is 0 Å². The highest BCUT2D eigenvalue weighted by Crippen LogP contribution is 2.40. The van der Waals surface area contributed by atoms with Crippen molar-refractivity contribution in [3.05, 3.63) is 5.82 Å². The molecule has 1 aromatic heterocycles. The maximum atomic E-state index is 12.5. The first-order chi connectivity index (χ1) is 11.3. The molecule has 2 aliphatic rings. The van der Waals surface area contributed by atoms with E-state index in [2.05, 4.69) is 15.4 Å². The lowest BCUT2D eigenvalue weighted by Crippen LogP contribution is -2.50. The number of aromatic nitrogens is 3. The van der Waals surface area contributed by atoms with Gasteiger partial charge in [-0.2, -0.15) is 18.2 Å². The molecule has 132 valence electrons. The molecular weight excluding hydrogens is 327 g/mol. The van der Waals surface area contributed by atoms with Gasteiger partial charge in [-0.05, 0) is 31.6 Å². The number of likely N-dealkylation sites (tertiary alicyclic amines) is 1. The standard InChI is InChI=1S/C14H18F3N5O2/c1-7-6-8(7)11(24)22-5-3-2-4-9(22)10(23)18-13-19-12(20-21-13)14(15,16)17/h7-9H,2-6H2,1H3,(H2,18,19,20,21,23)/t7-,8-,9-/m1/s1. The molecule has 0 spiro atoms. The highest BCUT2D eigenvalue weighted by atomic mass is 19.4. The number of carbonyl (C=O) groups is 2. The van der Waals surface area contributed by atoms with Crippen LogP contribution < -0.4 is 5.32 Å². The van der Waals surface area contributed by atoms with E-state index in [1.54, 1.807) is 10.00 Å². The third-order valence-electron chi connectivity index (χ3n) is 4.50. The molecule has 1 aliphatic carbocycles. The van der Waals surface area contributed by atoms with Crippen LogP contribution in [0, 0.1) is 11.8 Å². The molecule has 3 rings (SSSR count). The van der Waals surface area contributed by atoms with Crippen molar-refractivity contribution in [3.8, 4) is 0 Å². The van der Waals surface area contributed by atoms with Crippen molar-refractivity contribution in [1.29, 1.82) is 0 Å². The van der Waals surface area contributed by atoms with Crippen LogP contribution in [-0.2, 0) is 15.8 Å². The molecule has 2 N–H and O–H groups in total. The van der Waals surface area contributed by atoms with Crippen molar-refractivity contribution in [2.24, 2.45) is 11.8 Å². The molecule has 1 aromatic rings. The van der Waals surface area contributed by atoms with E-state index >= 15 is 0 Å². The largest absolute Gasteiger partial charge is 0.451 e. The number of aromatic amines is 1. The number of carbonyl (C=O) groups excluding carboxylic acids is 2. The summed E-state index contributed by atoms with van der Waals surface area (Å²) < 4.78 is 37.5. The summed E-state index contributed by atoms with van der Waals surface area (Å²) in [5.74, 6) is -2.03.